The summed E-state index contributed by atoms with van der Waals surface area (Å²) in [4.78, 5) is 0. The summed E-state index contributed by atoms with van der Waals surface area (Å²) in [5.41, 5.74) is 6.34. The molecule has 1 atom stereocenters. The van der Waals surface area contributed by atoms with E-state index < -0.39 is 24.5 Å². The SMILES string of the molecule is Cc1noc(C)c1CNCC(C(N)=NO)C(F)(F)F. The van der Waals surface area contributed by atoms with Crippen molar-refractivity contribution in [2.24, 2.45) is 16.8 Å². The minimum atomic E-state index is -4.58. The van der Waals surface area contributed by atoms with Crippen LogP contribution in [-0.4, -0.2) is 28.9 Å². The number of nitrogens with two attached hydrogens (primary N) is 1. The highest BCUT2D eigenvalue weighted by atomic mass is 19.4. The van der Waals surface area contributed by atoms with E-state index in [0.29, 0.717) is 17.0 Å². The second-order valence-electron chi connectivity index (χ2n) is 4.05. The summed E-state index contributed by atoms with van der Waals surface area (Å²) in [5, 5.41) is 17.0. The zero-order valence-electron chi connectivity index (χ0n) is 10.5. The van der Waals surface area contributed by atoms with Gasteiger partial charge in [-0.15, -0.1) is 0 Å². The monoisotopic (exact) mass is 280 g/mol. The molecule has 0 amide bonds. The molecule has 108 valence electrons. The zero-order valence-corrected chi connectivity index (χ0v) is 10.5. The molecule has 0 saturated carbocycles. The van der Waals surface area contributed by atoms with Crippen LogP contribution in [0.15, 0.2) is 9.68 Å². The number of nitrogens with one attached hydrogen (secondary N) is 1. The Balaban J connectivity index is 2.64. The van der Waals surface area contributed by atoms with Crippen molar-refractivity contribution in [1.82, 2.24) is 10.5 Å². The van der Waals surface area contributed by atoms with Crippen LogP contribution in [-0.2, 0) is 6.54 Å². The van der Waals surface area contributed by atoms with Crippen molar-refractivity contribution < 1.29 is 22.9 Å². The lowest BCUT2D eigenvalue weighted by molar-refractivity contribution is -0.154. The fraction of sp³-hybridized carbons (Fsp3) is 0.600. The topological polar surface area (TPSA) is 96.7 Å². The van der Waals surface area contributed by atoms with E-state index in [1.54, 1.807) is 13.8 Å². The Hall–Kier alpha value is -1.77. The highest BCUT2D eigenvalue weighted by Crippen LogP contribution is 2.26. The number of alkyl halides is 3. The fourth-order valence-electron chi connectivity index (χ4n) is 1.55. The third-order valence-electron chi connectivity index (χ3n) is 2.70. The summed E-state index contributed by atoms with van der Waals surface area (Å²) in [6.45, 7) is 3.02. The molecule has 0 spiro atoms. The first-order valence-electron chi connectivity index (χ1n) is 5.44. The largest absolute Gasteiger partial charge is 0.409 e. The van der Waals surface area contributed by atoms with Crippen LogP contribution in [0.2, 0.25) is 0 Å². The third kappa shape index (κ3) is 3.85. The van der Waals surface area contributed by atoms with Crippen molar-refractivity contribution in [2.45, 2.75) is 26.6 Å². The van der Waals surface area contributed by atoms with Gasteiger partial charge in [0.1, 0.15) is 11.7 Å². The van der Waals surface area contributed by atoms with Crippen molar-refractivity contribution in [1.29, 1.82) is 0 Å². The molecule has 0 radical (unpaired) electrons. The van der Waals surface area contributed by atoms with Gasteiger partial charge in [-0.25, -0.2) is 0 Å². The van der Waals surface area contributed by atoms with Gasteiger partial charge in [-0.2, -0.15) is 13.2 Å². The Morgan fingerprint density at radius 1 is 1.53 bits per heavy atom. The molecule has 0 fully saturated rings. The van der Waals surface area contributed by atoms with Gasteiger partial charge in [-0.05, 0) is 13.8 Å². The quantitative estimate of drug-likeness (QED) is 0.327. The molecule has 9 heteroatoms. The molecule has 0 aliphatic rings. The van der Waals surface area contributed by atoms with E-state index in [0.717, 1.165) is 0 Å². The van der Waals surface area contributed by atoms with Gasteiger partial charge in [-0.1, -0.05) is 10.3 Å². The number of aryl methyl sites for hydroxylation is 2. The number of hydrogen-bond acceptors (Lipinski definition) is 5. The van der Waals surface area contributed by atoms with Gasteiger partial charge in [0.15, 0.2) is 5.84 Å². The summed E-state index contributed by atoms with van der Waals surface area (Å²) >= 11 is 0. The lowest BCUT2D eigenvalue weighted by atomic mass is 10.1. The minimum Gasteiger partial charge on any atom is -0.409 e. The number of amidine groups is 1. The van der Waals surface area contributed by atoms with Crippen molar-refractivity contribution >= 4 is 5.84 Å². The van der Waals surface area contributed by atoms with Crippen molar-refractivity contribution in [3.05, 3.63) is 17.0 Å². The first-order chi connectivity index (χ1) is 8.77. The van der Waals surface area contributed by atoms with E-state index in [1.165, 1.54) is 0 Å². The number of nitrogens with zero attached hydrogens (tertiary/aromatic N) is 2. The first-order valence-corrected chi connectivity index (χ1v) is 5.44. The maximum atomic E-state index is 12.6. The fourth-order valence-corrected chi connectivity index (χ4v) is 1.55. The molecule has 0 aromatic carbocycles. The molecule has 4 N–H and O–H groups in total. The third-order valence-corrected chi connectivity index (χ3v) is 2.70. The van der Waals surface area contributed by atoms with E-state index in [2.05, 4.69) is 15.6 Å². The van der Waals surface area contributed by atoms with Gasteiger partial charge in [0, 0.05) is 18.7 Å². The molecule has 0 bridgehead atoms. The second kappa shape index (κ2) is 5.91. The molecule has 1 aromatic heterocycles. The Kier molecular flexibility index (Phi) is 4.76. The average Bonchev–Trinajstić information content (AvgIpc) is 2.63. The number of hydrogen-bond donors (Lipinski definition) is 3. The van der Waals surface area contributed by atoms with Crippen LogP contribution in [0.5, 0.6) is 0 Å². The molecular formula is C10H15F3N4O2. The van der Waals surface area contributed by atoms with Crippen LogP contribution in [0.3, 0.4) is 0 Å². The molecule has 1 aromatic rings. The summed E-state index contributed by atoms with van der Waals surface area (Å²) < 4.78 is 42.8. The molecule has 0 saturated heterocycles. The van der Waals surface area contributed by atoms with Crippen LogP contribution in [0.25, 0.3) is 0 Å². The molecule has 1 heterocycles. The predicted octanol–water partition coefficient (Wildman–Crippen LogP) is 1.31. The number of aromatic nitrogens is 1. The Morgan fingerprint density at radius 2 is 2.16 bits per heavy atom. The molecule has 1 unspecified atom stereocenters. The number of oxime groups is 1. The average molecular weight is 280 g/mol. The van der Waals surface area contributed by atoms with Crippen LogP contribution >= 0.6 is 0 Å². The maximum absolute atomic E-state index is 12.6. The van der Waals surface area contributed by atoms with E-state index in [1.807, 2.05) is 0 Å². The molecule has 0 aliphatic carbocycles. The summed E-state index contributed by atoms with van der Waals surface area (Å²) in [6, 6.07) is 0. The van der Waals surface area contributed by atoms with Gasteiger partial charge >= 0.3 is 6.18 Å². The van der Waals surface area contributed by atoms with Crippen LogP contribution in [0.4, 0.5) is 13.2 Å². The molecule has 0 aliphatic heterocycles. The van der Waals surface area contributed by atoms with Crippen LogP contribution in [0, 0.1) is 19.8 Å². The Bertz CT molecular complexity index is 437. The second-order valence-corrected chi connectivity index (χ2v) is 4.05. The highest BCUT2D eigenvalue weighted by Gasteiger charge is 2.42. The number of halogens is 3. The highest BCUT2D eigenvalue weighted by molar-refractivity contribution is 5.83. The summed E-state index contributed by atoms with van der Waals surface area (Å²) in [6.07, 6.45) is -4.58. The van der Waals surface area contributed by atoms with Gasteiger partial charge in [-0.3, -0.25) is 0 Å². The number of rotatable bonds is 5. The molecule has 6 nitrogen and oxygen atoms in total. The summed E-state index contributed by atoms with van der Waals surface area (Å²) in [7, 11) is 0. The van der Waals surface area contributed by atoms with Gasteiger partial charge in [0.25, 0.3) is 0 Å². The van der Waals surface area contributed by atoms with Crippen LogP contribution < -0.4 is 11.1 Å². The smallest absolute Gasteiger partial charge is 0.400 e. The van der Waals surface area contributed by atoms with Crippen molar-refractivity contribution in [3.8, 4) is 0 Å². The Morgan fingerprint density at radius 3 is 2.58 bits per heavy atom. The minimum absolute atomic E-state index is 0.159. The van der Waals surface area contributed by atoms with Crippen LogP contribution in [0.1, 0.15) is 17.0 Å². The molecule has 19 heavy (non-hydrogen) atoms. The molecule has 1 rings (SSSR count). The van der Waals surface area contributed by atoms with Crippen molar-refractivity contribution in [3.63, 3.8) is 0 Å². The van der Waals surface area contributed by atoms with E-state index in [9.17, 15) is 13.2 Å². The lowest BCUT2D eigenvalue weighted by Gasteiger charge is -2.19. The van der Waals surface area contributed by atoms with Gasteiger partial charge in [0.2, 0.25) is 0 Å². The molecular weight excluding hydrogens is 265 g/mol. The van der Waals surface area contributed by atoms with E-state index >= 15 is 0 Å². The standard InChI is InChI=1S/C10H15F3N4O2/c1-5-7(6(2)19-17-5)3-15-4-8(9(14)16-18)10(11,12)13/h8,15,18H,3-4H2,1-2H3,(H2,14,16). The van der Waals surface area contributed by atoms with Gasteiger partial charge < -0.3 is 20.8 Å². The lowest BCUT2D eigenvalue weighted by Crippen LogP contribution is -2.42. The van der Waals surface area contributed by atoms with E-state index in [-0.39, 0.29) is 6.54 Å². The normalized spacial score (nSPS) is 14.7. The Labute approximate surface area is 107 Å². The zero-order chi connectivity index (χ0) is 14.6. The predicted molar refractivity (Wildman–Crippen MR) is 60.6 cm³/mol. The van der Waals surface area contributed by atoms with Crippen molar-refractivity contribution in [2.75, 3.05) is 6.54 Å². The first kappa shape index (κ1) is 15.3. The maximum Gasteiger partial charge on any atom is 0.400 e. The summed E-state index contributed by atoms with van der Waals surface area (Å²) in [5.74, 6) is -2.38. The van der Waals surface area contributed by atoms with Gasteiger partial charge in [0.05, 0.1) is 5.69 Å². The van der Waals surface area contributed by atoms with E-state index in [4.69, 9.17) is 15.5 Å².